The number of ether oxygens (including phenoxy) is 2. The largest absolute Gasteiger partial charge is 0.497 e. The van der Waals surface area contributed by atoms with Crippen LogP contribution in [0.5, 0.6) is 11.5 Å². The minimum Gasteiger partial charge on any atom is -0.497 e. The SMILES string of the molecule is COc1ccc(OC)c(-c2oc(CN)nc2C)c1. The maximum absolute atomic E-state index is 5.62. The van der Waals surface area contributed by atoms with Crippen LogP contribution >= 0.6 is 0 Å². The lowest BCUT2D eigenvalue weighted by atomic mass is 10.1. The molecule has 2 rings (SSSR count). The molecule has 96 valence electrons. The molecule has 0 saturated heterocycles. The predicted octanol–water partition coefficient (Wildman–Crippen LogP) is 2.13. The molecule has 1 heterocycles. The van der Waals surface area contributed by atoms with Gasteiger partial charge in [0.1, 0.15) is 11.5 Å². The zero-order valence-corrected chi connectivity index (χ0v) is 10.7. The second-order valence-corrected chi connectivity index (χ2v) is 3.79. The summed E-state index contributed by atoms with van der Waals surface area (Å²) >= 11 is 0. The van der Waals surface area contributed by atoms with Crippen LogP contribution in [0.2, 0.25) is 0 Å². The van der Waals surface area contributed by atoms with E-state index in [1.54, 1.807) is 14.2 Å². The Labute approximate surface area is 106 Å². The molecule has 0 spiro atoms. The molecule has 0 aliphatic heterocycles. The van der Waals surface area contributed by atoms with Gasteiger partial charge in [-0.3, -0.25) is 0 Å². The van der Waals surface area contributed by atoms with E-state index in [1.807, 2.05) is 25.1 Å². The summed E-state index contributed by atoms with van der Waals surface area (Å²) in [6.45, 7) is 2.14. The third kappa shape index (κ3) is 2.17. The number of rotatable bonds is 4. The topological polar surface area (TPSA) is 70.5 Å². The molecule has 0 radical (unpaired) electrons. The Hall–Kier alpha value is -2.01. The fraction of sp³-hybridized carbons (Fsp3) is 0.308. The quantitative estimate of drug-likeness (QED) is 0.897. The number of aromatic nitrogens is 1. The third-order valence-electron chi connectivity index (χ3n) is 2.67. The summed E-state index contributed by atoms with van der Waals surface area (Å²) in [5.41, 5.74) is 7.11. The number of hydrogen-bond donors (Lipinski definition) is 1. The smallest absolute Gasteiger partial charge is 0.208 e. The van der Waals surface area contributed by atoms with Crippen LogP contribution in [-0.4, -0.2) is 19.2 Å². The molecule has 5 nitrogen and oxygen atoms in total. The van der Waals surface area contributed by atoms with Gasteiger partial charge in [0.25, 0.3) is 0 Å². The number of nitrogens with zero attached hydrogens (tertiary/aromatic N) is 1. The zero-order valence-electron chi connectivity index (χ0n) is 10.7. The highest BCUT2D eigenvalue weighted by atomic mass is 16.5. The highest BCUT2D eigenvalue weighted by Crippen LogP contribution is 2.35. The van der Waals surface area contributed by atoms with Crippen LogP contribution in [0.25, 0.3) is 11.3 Å². The van der Waals surface area contributed by atoms with Gasteiger partial charge in [-0.2, -0.15) is 0 Å². The monoisotopic (exact) mass is 248 g/mol. The lowest BCUT2D eigenvalue weighted by Crippen LogP contribution is -1.95. The molecule has 0 aliphatic carbocycles. The Morgan fingerprint density at radius 1 is 1.28 bits per heavy atom. The molecular formula is C13H16N2O3. The molecule has 0 atom stereocenters. The summed E-state index contributed by atoms with van der Waals surface area (Å²) < 4.78 is 16.1. The fourth-order valence-electron chi connectivity index (χ4n) is 1.78. The minimum atomic E-state index is 0.271. The number of hydrogen-bond acceptors (Lipinski definition) is 5. The third-order valence-corrected chi connectivity index (χ3v) is 2.67. The van der Waals surface area contributed by atoms with E-state index >= 15 is 0 Å². The minimum absolute atomic E-state index is 0.271. The summed E-state index contributed by atoms with van der Waals surface area (Å²) in [7, 11) is 3.23. The first-order chi connectivity index (χ1) is 8.69. The Balaban J connectivity index is 2.56. The Morgan fingerprint density at radius 3 is 2.61 bits per heavy atom. The van der Waals surface area contributed by atoms with Crippen molar-refractivity contribution in [3.63, 3.8) is 0 Å². The van der Waals surface area contributed by atoms with Crippen LogP contribution in [0.15, 0.2) is 22.6 Å². The summed E-state index contributed by atoms with van der Waals surface area (Å²) in [4.78, 5) is 4.25. The van der Waals surface area contributed by atoms with Crippen molar-refractivity contribution in [1.29, 1.82) is 0 Å². The average Bonchev–Trinajstić information content (AvgIpc) is 2.79. The molecule has 1 aromatic carbocycles. The van der Waals surface area contributed by atoms with E-state index in [4.69, 9.17) is 19.6 Å². The van der Waals surface area contributed by atoms with Gasteiger partial charge in [0, 0.05) is 0 Å². The number of methoxy groups -OCH3 is 2. The second-order valence-electron chi connectivity index (χ2n) is 3.79. The normalized spacial score (nSPS) is 10.4. The van der Waals surface area contributed by atoms with Gasteiger partial charge in [-0.1, -0.05) is 0 Å². The van der Waals surface area contributed by atoms with E-state index in [0.717, 1.165) is 17.0 Å². The Bertz CT molecular complexity index is 549. The van der Waals surface area contributed by atoms with E-state index in [9.17, 15) is 0 Å². The molecule has 5 heteroatoms. The molecule has 1 aromatic heterocycles. The van der Waals surface area contributed by atoms with Gasteiger partial charge in [0.2, 0.25) is 5.89 Å². The van der Waals surface area contributed by atoms with Gasteiger partial charge in [-0.05, 0) is 25.1 Å². The first kappa shape index (κ1) is 12.4. The van der Waals surface area contributed by atoms with Crippen LogP contribution in [0, 0.1) is 6.92 Å². The standard InChI is InChI=1S/C13H16N2O3/c1-8-13(18-12(7-14)15-8)10-6-9(16-2)4-5-11(10)17-3/h4-6H,7,14H2,1-3H3. The summed E-state index contributed by atoms with van der Waals surface area (Å²) in [6, 6.07) is 5.52. The van der Waals surface area contributed by atoms with Gasteiger partial charge in [-0.15, -0.1) is 0 Å². The molecule has 0 amide bonds. The van der Waals surface area contributed by atoms with E-state index in [1.165, 1.54) is 0 Å². The van der Waals surface area contributed by atoms with Gasteiger partial charge < -0.3 is 19.6 Å². The molecule has 0 bridgehead atoms. The molecule has 0 saturated carbocycles. The van der Waals surface area contributed by atoms with Crippen molar-refractivity contribution in [2.75, 3.05) is 14.2 Å². The van der Waals surface area contributed by atoms with Crippen LogP contribution in [0.4, 0.5) is 0 Å². The molecule has 0 fully saturated rings. The van der Waals surface area contributed by atoms with Gasteiger partial charge in [-0.25, -0.2) is 4.98 Å². The summed E-state index contributed by atoms with van der Waals surface area (Å²) in [5, 5.41) is 0. The zero-order chi connectivity index (χ0) is 13.1. The first-order valence-electron chi connectivity index (χ1n) is 5.58. The Kier molecular flexibility index (Phi) is 3.53. The Morgan fingerprint density at radius 2 is 2.06 bits per heavy atom. The van der Waals surface area contributed by atoms with Crippen molar-refractivity contribution in [2.45, 2.75) is 13.5 Å². The van der Waals surface area contributed by atoms with Crippen LogP contribution in [0.1, 0.15) is 11.6 Å². The molecular weight excluding hydrogens is 232 g/mol. The first-order valence-corrected chi connectivity index (χ1v) is 5.58. The fourth-order valence-corrected chi connectivity index (χ4v) is 1.78. The van der Waals surface area contributed by atoms with Gasteiger partial charge in [0.05, 0.1) is 32.0 Å². The van der Waals surface area contributed by atoms with Crippen LogP contribution in [-0.2, 0) is 6.54 Å². The molecule has 0 aliphatic rings. The highest BCUT2D eigenvalue weighted by molar-refractivity contribution is 5.69. The number of oxazole rings is 1. The maximum Gasteiger partial charge on any atom is 0.208 e. The summed E-state index contributed by atoms with van der Waals surface area (Å²) in [5.74, 6) is 2.60. The highest BCUT2D eigenvalue weighted by Gasteiger charge is 2.16. The number of nitrogens with two attached hydrogens (primary N) is 1. The van der Waals surface area contributed by atoms with Crippen molar-refractivity contribution in [3.05, 3.63) is 29.8 Å². The van der Waals surface area contributed by atoms with E-state index < -0.39 is 0 Å². The number of aryl methyl sites for hydroxylation is 1. The van der Waals surface area contributed by atoms with Crippen molar-refractivity contribution in [2.24, 2.45) is 5.73 Å². The maximum atomic E-state index is 5.62. The number of benzene rings is 1. The van der Waals surface area contributed by atoms with E-state index in [-0.39, 0.29) is 6.54 Å². The van der Waals surface area contributed by atoms with Gasteiger partial charge in [0.15, 0.2) is 5.76 Å². The van der Waals surface area contributed by atoms with Crippen molar-refractivity contribution >= 4 is 0 Å². The van der Waals surface area contributed by atoms with Crippen molar-refractivity contribution < 1.29 is 13.9 Å². The van der Waals surface area contributed by atoms with E-state index in [0.29, 0.717) is 17.4 Å². The van der Waals surface area contributed by atoms with Crippen molar-refractivity contribution in [1.82, 2.24) is 4.98 Å². The second kappa shape index (κ2) is 5.10. The van der Waals surface area contributed by atoms with Crippen LogP contribution in [0.3, 0.4) is 0 Å². The molecule has 2 aromatic rings. The predicted molar refractivity (Wildman–Crippen MR) is 67.7 cm³/mol. The summed E-state index contributed by atoms with van der Waals surface area (Å²) in [6.07, 6.45) is 0. The van der Waals surface area contributed by atoms with E-state index in [2.05, 4.69) is 4.98 Å². The average molecular weight is 248 g/mol. The molecule has 2 N–H and O–H groups in total. The lowest BCUT2D eigenvalue weighted by Gasteiger charge is -2.08. The molecule has 18 heavy (non-hydrogen) atoms. The van der Waals surface area contributed by atoms with Crippen LogP contribution < -0.4 is 15.2 Å². The van der Waals surface area contributed by atoms with Gasteiger partial charge >= 0.3 is 0 Å². The molecule has 0 unspecified atom stereocenters. The lowest BCUT2D eigenvalue weighted by molar-refractivity contribution is 0.402. The van der Waals surface area contributed by atoms with Crippen molar-refractivity contribution in [3.8, 4) is 22.8 Å².